The topological polar surface area (TPSA) is 49.4 Å². The van der Waals surface area contributed by atoms with Crippen molar-refractivity contribution >= 4 is 11.7 Å². The molecule has 0 aromatic carbocycles. The van der Waals surface area contributed by atoms with Crippen LogP contribution in [0.25, 0.3) is 0 Å². The lowest BCUT2D eigenvalue weighted by Gasteiger charge is -2.41. The summed E-state index contributed by atoms with van der Waals surface area (Å²) in [5.74, 6) is 0.830. The first-order valence-corrected chi connectivity index (χ1v) is 8.26. The largest absolute Gasteiger partial charge is 0.356 e. The van der Waals surface area contributed by atoms with Gasteiger partial charge in [0.15, 0.2) is 0 Å². The molecule has 2 fully saturated rings. The summed E-state index contributed by atoms with van der Waals surface area (Å²) in [5, 5.41) is 2.86. The minimum absolute atomic E-state index is 0.131. The number of nitrogens with zero attached hydrogens (tertiary/aromatic N) is 1. The summed E-state index contributed by atoms with van der Waals surface area (Å²) in [5.41, 5.74) is 0. The molecule has 20 heavy (non-hydrogen) atoms. The zero-order valence-corrected chi connectivity index (χ0v) is 12.7. The van der Waals surface area contributed by atoms with Gasteiger partial charge < -0.3 is 5.32 Å². The third-order valence-electron chi connectivity index (χ3n) is 4.73. The van der Waals surface area contributed by atoms with Gasteiger partial charge in [0.1, 0.15) is 5.78 Å². The molecule has 1 aliphatic carbocycles. The maximum absolute atomic E-state index is 12.2. The van der Waals surface area contributed by atoms with Crippen LogP contribution in [0.15, 0.2) is 0 Å². The number of amides is 1. The highest BCUT2D eigenvalue weighted by atomic mass is 16.1. The zero-order valence-electron chi connectivity index (χ0n) is 12.7. The summed E-state index contributed by atoms with van der Waals surface area (Å²) >= 11 is 0. The lowest BCUT2D eigenvalue weighted by atomic mass is 9.79. The molecule has 1 saturated carbocycles. The van der Waals surface area contributed by atoms with E-state index in [-0.39, 0.29) is 11.8 Å². The number of ketones is 1. The highest BCUT2D eigenvalue weighted by Crippen LogP contribution is 2.31. The Balaban J connectivity index is 1.90. The van der Waals surface area contributed by atoms with E-state index in [4.69, 9.17) is 0 Å². The maximum atomic E-state index is 12.2. The van der Waals surface area contributed by atoms with Crippen LogP contribution in [0.2, 0.25) is 0 Å². The number of rotatable bonds is 5. The van der Waals surface area contributed by atoms with E-state index in [1.165, 1.54) is 19.3 Å². The third-order valence-corrected chi connectivity index (χ3v) is 4.73. The van der Waals surface area contributed by atoms with E-state index in [0.29, 0.717) is 24.8 Å². The highest BCUT2D eigenvalue weighted by Gasteiger charge is 2.35. The zero-order chi connectivity index (χ0) is 14.4. The second-order valence-corrected chi connectivity index (χ2v) is 6.12. The molecule has 1 aliphatic heterocycles. The molecule has 4 heteroatoms. The Morgan fingerprint density at radius 1 is 1.25 bits per heavy atom. The Morgan fingerprint density at radius 3 is 2.80 bits per heavy atom. The lowest BCUT2D eigenvalue weighted by Crippen LogP contribution is -2.48. The Bertz CT molecular complexity index is 343. The number of carbonyl (C=O) groups excluding carboxylic acids is 2. The minimum atomic E-state index is 0.131. The molecule has 2 atom stereocenters. The van der Waals surface area contributed by atoms with Crippen molar-refractivity contribution in [1.82, 2.24) is 10.2 Å². The van der Waals surface area contributed by atoms with Crippen molar-refractivity contribution in [3.8, 4) is 0 Å². The number of likely N-dealkylation sites (tertiary alicyclic amines) is 1. The van der Waals surface area contributed by atoms with Crippen molar-refractivity contribution in [2.75, 3.05) is 19.6 Å². The molecular weight excluding hydrogens is 252 g/mol. The van der Waals surface area contributed by atoms with Crippen LogP contribution in [0.4, 0.5) is 0 Å². The fourth-order valence-corrected chi connectivity index (χ4v) is 3.70. The monoisotopic (exact) mass is 280 g/mol. The highest BCUT2D eigenvalue weighted by molar-refractivity contribution is 5.82. The number of piperidine rings is 1. The molecule has 1 heterocycles. The van der Waals surface area contributed by atoms with Gasteiger partial charge in [-0.05, 0) is 39.2 Å². The van der Waals surface area contributed by atoms with E-state index in [9.17, 15) is 9.59 Å². The Kier molecular flexibility index (Phi) is 6.02. The quantitative estimate of drug-likeness (QED) is 0.839. The van der Waals surface area contributed by atoms with Crippen LogP contribution in [0.5, 0.6) is 0 Å². The molecular formula is C16H28N2O2. The van der Waals surface area contributed by atoms with Crippen molar-refractivity contribution in [1.29, 1.82) is 0 Å². The normalized spacial score (nSPS) is 28.4. The third kappa shape index (κ3) is 4.05. The first kappa shape index (κ1) is 15.5. The van der Waals surface area contributed by atoms with Crippen LogP contribution in [0.1, 0.15) is 58.3 Å². The van der Waals surface area contributed by atoms with Gasteiger partial charge in [-0.1, -0.05) is 12.8 Å². The van der Waals surface area contributed by atoms with Crippen LogP contribution >= 0.6 is 0 Å². The lowest BCUT2D eigenvalue weighted by molar-refractivity contribution is -0.127. The van der Waals surface area contributed by atoms with E-state index in [1.54, 1.807) is 0 Å². The van der Waals surface area contributed by atoms with E-state index in [1.807, 2.05) is 6.92 Å². The predicted molar refractivity (Wildman–Crippen MR) is 79.5 cm³/mol. The molecule has 2 rings (SSSR count). The van der Waals surface area contributed by atoms with Crippen LogP contribution in [0, 0.1) is 5.92 Å². The SMILES string of the molecule is CCNC(=O)CCN1CCCCC1C1CCCCC1=O. The molecule has 1 amide bonds. The average molecular weight is 280 g/mol. The van der Waals surface area contributed by atoms with E-state index in [2.05, 4.69) is 10.2 Å². The van der Waals surface area contributed by atoms with Gasteiger partial charge in [0.05, 0.1) is 0 Å². The Hall–Kier alpha value is -0.900. The van der Waals surface area contributed by atoms with Crippen LogP contribution in [-0.2, 0) is 9.59 Å². The van der Waals surface area contributed by atoms with E-state index in [0.717, 1.165) is 38.8 Å². The standard InChI is InChI=1S/C16H28N2O2/c1-2-17-16(20)10-12-18-11-6-5-8-14(18)13-7-3-4-9-15(13)19/h13-14H,2-12H2,1H3,(H,17,20). The average Bonchev–Trinajstić information content (AvgIpc) is 2.46. The summed E-state index contributed by atoms with van der Waals surface area (Å²) < 4.78 is 0. The predicted octanol–water partition coefficient (Wildman–Crippen LogP) is 2.13. The van der Waals surface area contributed by atoms with Crippen molar-refractivity contribution in [3.05, 3.63) is 0 Å². The number of carbonyl (C=O) groups is 2. The molecule has 114 valence electrons. The summed E-state index contributed by atoms with van der Waals surface area (Å²) in [6.07, 6.45) is 8.21. The minimum Gasteiger partial charge on any atom is -0.356 e. The van der Waals surface area contributed by atoms with E-state index >= 15 is 0 Å². The van der Waals surface area contributed by atoms with Gasteiger partial charge in [0.25, 0.3) is 0 Å². The Labute approximate surface area is 122 Å². The van der Waals surface area contributed by atoms with Crippen LogP contribution < -0.4 is 5.32 Å². The summed E-state index contributed by atoms with van der Waals surface area (Å²) in [6.45, 7) is 4.50. The second kappa shape index (κ2) is 7.77. The smallest absolute Gasteiger partial charge is 0.221 e. The van der Waals surface area contributed by atoms with Gasteiger partial charge in [-0.2, -0.15) is 0 Å². The van der Waals surface area contributed by atoms with Crippen molar-refractivity contribution in [2.24, 2.45) is 5.92 Å². The fraction of sp³-hybridized carbons (Fsp3) is 0.875. The maximum Gasteiger partial charge on any atom is 0.221 e. The van der Waals surface area contributed by atoms with Crippen molar-refractivity contribution in [2.45, 2.75) is 64.3 Å². The summed E-state index contributed by atoms with van der Waals surface area (Å²) in [6, 6.07) is 0.394. The first-order valence-electron chi connectivity index (χ1n) is 8.26. The number of nitrogens with one attached hydrogen (secondary N) is 1. The molecule has 0 aromatic rings. The van der Waals surface area contributed by atoms with E-state index < -0.39 is 0 Å². The van der Waals surface area contributed by atoms with Gasteiger partial charge in [0.2, 0.25) is 5.91 Å². The van der Waals surface area contributed by atoms with Crippen LogP contribution in [-0.4, -0.2) is 42.3 Å². The molecule has 1 N–H and O–H groups in total. The van der Waals surface area contributed by atoms with Crippen molar-refractivity contribution in [3.63, 3.8) is 0 Å². The van der Waals surface area contributed by atoms with Gasteiger partial charge in [0, 0.05) is 37.9 Å². The number of hydrogen-bond acceptors (Lipinski definition) is 3. The summed E-state index contributed by atoms with van der Waals surface area (Å²) in [4.78, 5) is 26.2. The molecule has 0 bridgehead atoms. The number of Topliss-reactive ketones (excluding diaryl/α,β-unsaturated/α-hetero) is 1. The summed E-state index contributed by atoms with van der Waals surface area (Å²) in [7, 11) is 0. The molecule has 1 saturated heterocycles. The Morgan fingerprint density at radius 2 is 2.05 bits per heavy atom. The molecule has 2 unspecified atom stereocenters. The van der Waals surface area contributed by atoms with Gasteiger partial charge in [-0.15, -0.1) is 0 Å². The second-order valence-electron chi connectivity index (χ2n) is 6.12. The molecule has 0 aromatic heterocycles. The number of hydrogen-bond donors (Lipinski definition) is 1. The first-order chi connectivity index (χ1) is 9.72. The molecule has 0 spiro atoms. The van der Waals surface area contributed by atoms with Gasteiger partial charge >= 0.3 is 0 Å². The molecule has 0 radical (unpaired) electrons. The molecule has 4 nitrogen and oxygen atoms in total. The molecule has 2 aliphatic rings. The fourth-order valence-electron chi connectivity index (χ4n) is 3.70. The van der Waals surface area contributed by atoms with Crippen LogP contribution in [0.3, 0.4) is 0 Å². The van der Waals surface area contributed by atoms with Crippen molar-refractivity contribution < 1.29 is 9.59 Å². The van der Waals surface area contributed by atoms with Gasteiger partial charge in [-0.3, -0.25) is 14.5 Å². The van der Waals surface area contributed by atoms with Gasteiger partial charge in [-0.25, -0.2) is 0 Å².